The highest BCUT2D eigenvalue weighted by molar-refractivity contribution is 9.10. The molecule has 2 aromatic carbocycles. The second-order valence-electron chi connectivity index (χ2n) is 6.34. The Morgan fingerprint density at radius 2 is 1.71 bits per heavy atom. The van der Waals surface area contributed by atoms with Crippen LogP contribution >= 0.6 is 15.9 Å². The number of hydrogen-bond acceptors (Lipinski definition) is 6. The maximum absolute atomic E-state index is 12.4. The van der Waals surface area contributed by atoms with Crippen LogP contribution in [0.2, 0.25) is 0 Å². The molecule has 4 rings (SSSR count). The Hall–Kier alpha value is -2.94. The Balaban J connectivity index is 1.33. The Morgan fingerprint density at radius 1 is 1.00 bits per heavy atom. The smallest absolute Gasteiger partial charge is 0.260 e. The minimum absolute atomic E-state index is 0.0229. The third-order valence-electron chi connectivity index (χ3n) is 4.54. The Labute approximate surface area is 170 Å². The lowest BCUT2D eigenvalue weighted by Crippen LogP contribution is -2.50. The van der Waals surface area contributed by atoms with E-state index in [1.165, 1.54) is 0 Å². The van der Waals surface area contributed by atoms with Gasteiger partial charge in [0.2, 0.25) is 5.95 Å². The number of benzene rings is 2. The highest BCUT2D eigenvalue weighted by Crippen LogP contribution is 2.18. The molecule has 2 heterocycles. The van der Waals surface area contributed by atoms with Crippen LogP contribution in [-0.2, 0) is 4.79 Å². The van der Waals surface area contributed by atoms with Crippen molar-refractivity contribution in [3.63, 3.8) is 0 Å². The molecule has 0 aliphatic carbocycles. The maximum Gasteiger partial charge on any atom is 0.260 e. The summed E-state index contributed by atoms with van der Waals surface area (Å²) in [4.78, 5) is 16.3. The summed E-state index contributed by atoms with van der Waals surface area (Å²) in [6.45, 7) is 2.56. The number of aromatic nitrogens is 4. The zero-order valence-corrected chi connectivity index (χ0v) is 16.7. The van der Waals surface area contributed by atoms with Gasteiger partial charge in [0.05, 0.1) is 5.69 Å². The van der Waals surface area contributed by atoms with E-state index in [0.29, 0.717) is 37.9 Å². The summed E-state index contributed by atoms with van der Waals surface area (Å²) in [5, 5.41) is 12.1. The fourth-order valence-corrected chi connectivity index (χ4v) is 3.30. The average molecular weight is 443 g/mol. The molecule has 8 nitrogen and oxygen atoms in total. The van der Waals surface area contributed by atoms with Gasteiger partial charge in [0.1, 0.15) is 5.75 Å². The first kappa shape index (κ1) is 18.4. The van der Waals surface area contributed by atoms with Gasteiger partial charge >= 0.3 is 0 Å². The van der Waals surface area contributed by atoms with Gasteiger partial charge in [0.25, 0.3) is 5.91 Å². The topological polar surface area (TPSA) is 76.4 Å². The third kappa shape index (κ3) is 4.14. The van der Waals surface area contributed by atoms with E-state index in [4.69, 9.17) is 4.74 Å². The molecule has 0 unspecified atom stereocenters. The predicted octanol–water partition coefficient (Wildman–Crippen LogP) is 2.15. The number of hydrogen-bond donors (Lipinski definition) is 0. The maximum atomic E-state index is 12.4. The van der Waals surface area contributed by atoms with E-state index in [1.807, 2.05) is 59.5 Å². The van der Waals surface area contributed by atoms with Crippen LogP contribution in [0.3, 0.4) is 0 Å². The van der Waals surface area contributed by atoms with E-state index in [-0.39, 0.29) is 12.5 Å². The molecule has 0 bridgehead atoms. The molecule has 0 spiro atoms. The van der Waals surface area contributed by atoms with Crippen molar-refractivity contribution in [1.82, 2.24) is 25.1 Å². The van der Waals surface area contributed by atoms with Gasteiger partial charge in [-0.15, -0.1) is 0 Å². The van der Waals surface area contributed by atoms with Crippen LogP contribution in [0.4, 0.5) is 5.95 Å². The summed E-state index contributed by atoms with van der Waals surface area (Å²) in [5.74, 6) is 1.34. The normalized spacial score (nSPS) is 14.2. The van der Waals surface area contributed by atoms with Crippen molar-refractivity contribution in [3.05, 3.63) is 59.1 Å². The number of nitrogens with zero attached hydrogens (tertiary/aromatic N) is 6. The van der Waals surface area contributed by atoms with Crippen LogP contribution in [0.5, 0.6) is 5.75 Å². The van der Waals surface area contributed by atoms with Gasteiger partial charge < -0.3 is 14.5 Å². The summed E-state index contributed by atoms with van der Waals surface area (Å²) in [6.07, 6.45) is 0. The Morgan fingerprint density at radius 3 is 2.43 bits per heavy atom. The summed E-state index contributed by atoms with van der Waals surface area (Å²) in [6, 6.07) is 17.2. The van der Waals surface area contributed by atoms with Crippen molar-refractivity contribution in [2.24, 2.45) is 0 Å². The van der Waals surface area contributed by atoms with Gasteiger partial charge in [0, 0.05) is 30.7 Å². The van der Waals surface area contributed by atoms with Crippen molar-refractivity contribution in [2.45, 2.75) is 0 Å². The number of para-hydroxylation sites is 1. The largest absolute Gasteiger partial charge is 0.484 e. The summed E-state index contributed by atoms with van der Waals surface area (Å²) in [5.41, 5.74) is 0.906. The van der Waals surface area contributed by atoms with Gasteiger partial charge in [-0.25, -0.2) is 0 Å². The van der Waals surface area contributed by atoms with E-state index in [0.717, 1.165) is 10.2 Å². The zero-order chi connectivity index (χ0) is 19.3. The molecular formula is C19H19BrN6O2. The number of ether oxygens (including phenoxy) is 1. The minimum Gasteiger partial charge on any atom is -0.484 e. The lowest BCUT2D eigenvalue weighted by atomic mass is 10.3. The summed E-state index contributed by atoms with van der Waals surface area (Å²) < 4.78 is 8.28. The first-order chi connectivity index (χ1) is 13.7. The molecule has 0 atom stereocenters. The first-order valence-corrected chi connectivity index (χ1v) is 9.75. The van der Waals surface area contributed by atoms with Crippen LogP contribution in [0, 0.1) is 0 Å². The number of tetrazole rings is 1. The second kappa shape index (κ2) is 8.39. The second-order valence-corrected chi connectivity index (χ2v) is 7.25. The van der Waals surface area contributed by atoms with Crippen molar-refractivity contribution >= 4 is 27.8 Å². The predicted molar refractivity (Wildman–Crippen MR) is 108 cm³/mol. The Bertz CT molecular complexity index is 923. The summed E-state index contributed by atoms with van der Waals surface area (Å²) >= 11 is 3.38. The Kier molecular flexibility index (Phi) is 5.52. The van der Waals surface area contributed by atoms with Crippen LogP contribution in [0.25, 0.3) is 5.69 Å². The van der Waals surface area contributed by atoms with Gasteiger partial charge in [-0.3, -0.25) is 4.79 Å². The highest BCUT2D eigenvalue weighted by Gasteiger charge is 2.25. The van der Waals surface area contributed by atoms with Crippen LogP contribution in [-0.4, -0.2) is 63.8 Å². The highest BCUT2D eigenvalue weighted by atomic mass is 79.9. The average Bonchev–Trinajstić information content (AvgIpc) is 3.24. The standard InChI is InChI=1S/C19H19BrN6O2/c20-15-6-8-17(9-7-15)28-14-18(27)24-10-12-25(13-11-24)19-21-22-23-26(19)16-4-2-1-3-5-16/h1-9H,10-14H2. The lowest BCUT2D eigenvalue weighted by Gasteiger charge is -2.34. The molecule has 1 aliphatic heterocycles. The number of carbonyl (C=O) groups excluding carboxylic acids is 1. The van der Waals surface area contributed by atoms with Gasteiger partial charge in [0.15, 0.2) is 6.61 Å². The molecule has 1 aromatic heterocycles. The van der Waals surface area contributed by atoms with Crippen LogP contribution < -0.4 is 9.64 Å². The lowest BCUT2D eigenvalue weighted by molar-refractivity contribution is -0.133. The van der Waals surface area contributed by atoms with E-state index < -0.39 is 0 Å². The van der Waals surface area contributed by atoms with Crippen molar-refractivity contribution in [1.29, 1.82) is 0 Å². The first-order valence-electron chi connectivity index (χ1n) is 8.95. The van der Waals surface area contributed by atoms with E-state index in [2.05, 4.69) is 36.4 Å². The fourth-order valence-electron chi connectivity index (χ4n) is 3.04. The number of anilines is 1. The molecule has 0 saturated carbocycles. The number of amides is 1. The van der Waals surface area contributed by atoms with Crippen LogP contribution in [0.1, 0.15) is 0 Å². The van der Waals surface area contributed by atoms with Gasteiger partial charge in [-0.1, -0.05) is 39.2 Å². The molecule has 1 saturated heterocycles. The van der Waals surface area contributed by atoms with Crippen LogP contribution in [0.15, 0.2) is 59.1 Å². The number of carbonyl (C=O) groups is 1. The van der Waals surface area contributed by atoms with E-state index >= 15 is 0 Å². The summed E-state index contributed by atoms with van der Waals surface area (Å²) in [7, 11) is 0. The number of rotatable bonds is 5. The van der Waals surface area contributed by atoms with Gasteiger partial charge in [-0.2, -0.15) is 4.68 Å². The monoisotopic (exact) mass is 442 g/mol. The van der Waals surface area contributed by atoms with E-state index in [1.54, 1.807) is 4.68 Å². The molecule has 144 valence electrons. The van der Waals surface area contributed by atoms with Crippen molar-refractivity contribution < 1.29 is 9.53 Å². The molecule has 0 radical (unpaired) electrons. The quantitative estimate of drug-likeness (QED) is 0.602. The minimum atomic E-state index is -0.0229. The molecule has 1 fully saturated rings. The van der Waals surface area contributed by atoms with Crippen molar-refractivity contribution in [3.8, 4) is 11.4 Å². The zero-order valence-electron chi connectivity index (χ0n) is 15.1. The SMILES string of the molecule is O=C(COc1ccc(Br)cc1)N1CCN(c2nnnn2-c2ccccc2)CC1. The van der Waals surface area contributed by atoms with Crippen molar-refractivity contribution in [2.75, 3.05) is 37.7 Å². The van der Waals surface area contributed by atoms with E-state index in [9.17, 15) is 4.79 Å². The molecular weight excluding hydrogens is 424 g/mol. The third-order valence-corrected chi connectivity index (χ3v) is 5.07. The molecule has 9 heteroatoms. The molecule has 28 heavy (non-hydrogen) atoms. The van der Waals surface area contributed by atoms with Gasteiger partial charge in [-0.05, 0) is 46.8 Å². The number of halogens is 1. The fraction of sp³-hybridized carbons (Fsp3) is 0.263. The molecule has 1 aliphatic rings. The molecule has 1 amide bonds. The molecule has 3 aromatic rings. The number of piperazine rings is 1. The molecule has 0 N–H and O–H groups in total.